The van der Waals surface area contributed by atoms with E-state index in [4.69, 9.17) is 20.6 Å². The lowest BCUT2D eigenvalue weighted by Gasteiger charge is -2.46. The second-order valence-electron chi connectivity index (χ2n) is 12.0. The van der Waals surface area contributed by atoms with Crippen LogP contribution in [0.25, 0.3) is 0 Å². The summed E-state index contributed by atoms with van der Waals surface area (Å²) in [4.78, 5) is 37.1. The molecule has 1 fully saturated rings. The normalized spacial score (nSPS) is 21.6. The molecule has 0 aromatic heterocycles. The zero-order chi connectivity index (χ0) is 35.6. The van der Waals surface area contributed by atoms with Crippen LogP contribution in [0.2, 0.25) is 0 Å². The summed E-state index contributed by atoms with van der Waals surface area (Å²) in [5.41, 5.74) is 1.28. The Kier molecular flexibility index (Phi) is 16.5. The van der Waals surface area contributed by atoms with Gasteiger partial charge in [0.1, 0.15) is 24.6 Å². The van der Waals surface area contributed by atoms with Crippen LogP contribution in [0.3, 0.4) is 0 Å². The van der Waals surface area contributed by atoms with Gasteiger partial charge < -0.3 is 50.4 Å². The number of hydrogen-bond acceptors (Lipinski definition) is 10. The number of terminal acetylenes is 1. The summed E-state index contributed by atoms with van der Waals surface area (Å²) in [7, 11) is 0. The minimum atomic E-state index is -2.46. The van der Waals surface area contributed by atoms with Crippen LogP contribution in [-0.2, 0) is 36.9 Å². The van der Waals surface area contributed by atoms with Crippen molar-refractivity contribution in [3.63, 3.8) is 0 Å². The monoisotopic (exact) mass is 684 g/mol. The van der Waals surface area contributed by atoms with Gasteiger partial charge in [-0.3, -0.25) is 9.59 Å². The van der Waals surface area contributed by atoms with Gasteiger partial charge in [0.15, 0.2) is 0 Å². The summed E-state index contributed by atoms with van der Waals surface area (Å²) in [5.74, 6) is -2.13. The molecule has 0 bridgehead atoms. The van der Waals surface area contributed by atoms with Gasteiger partial charge in [-0.05, 0) is 36.1 Å². The molecule has 1 saturated heterocycles. The maximum Gasteiger partial charge on any atom is 0.364 e. The molecule has 13 nitrogen and oxygen atoms in total. The molecular weight excluding hydrogens is 636 g/mol. The Morgan fingerprint density at radius 2 is 1.63 bits per heavy atom. The number of benzene rings is 2. The van der Waals surface area contributed by atoms with Gasteiger partial charge in [0.2, 0.25) is 11.8 Å². The molecule has 7 N–H and O–H groups in total. The number of carboxylic acid groups (broad SMARTS) is 1. The molecule has 13 heteroatoms. The molecule has 2 amide bonds. The molecule has 1 aliphatic rings. The van der Waals surface area contributed by atoms with Crippen LogP contribution in [0.4, 0.5) is 0 Å². The fourth-order valence-electron chi connectivity index (χ4n) is 5.46. The third-order valence-electron chi connectivity index (χ3n) is 8.20. The highest BCUT2D eigenvalue weighted by atomic mass is 16.7. The summed E-state index contributed by atoms with van der Waals surface area (Å²) in [6.45, 7) is -1.06. The lowest BCUT2D eigenvalue weighted by Crippen LogP contribution is -2.68. The number of hydrogen-bond donors (Lipinski definition) is 7. The second-order valence-corrected chi connectivity index (χ2v) is 12.0. The lowest BCUT2D eigenvalue weighted by atomic mass is 9.88. The van der Waals surface area contributed by atoms with Gasteiger partial charge in [-0.2, -0.15) is 0 Å². The number of nitrogens with one attached hydrogen (secondary N) is 2. The summed E-state index contributed by atoms with van der Waals surface area (Å²) in [5, 5.41) is 57.0. The van der Waals surface area contributed by atoms with E-state index in [0.29, 0.717) is 23.5 Å². The van der Waals surface area contributed by atoms with Gasteiger partial charge in [0.25, 0.3) is 5.79 Å². The highest BCUT2D eigenvalue weighted by molar-refractivity contribution is 5.79. The van der Waals surface area contributed by atoms with Crippen LogP contribution < -0.4 is 15.4 Å². The molecular formula is C36H48N2O11. The van der Waals surface area contributed by atoms with Gasteiger partial charge >= 0.3 is 5.97 Å². The Morgan fingerprint density at radius 3 is 2.29 bits per heavy atom. The number of aliphatic hydroxyl groups is 4. The molecule has 3 rings (SSSR count). The molecule has 1 aliphatic heterocycles. The fourth-order valence-corrected chi connectivity index (χ4v) is 5.46. The number of aliphatic hydroxyl groups excluding tert-OH is 4. The van der Waals surface area contributed by atoms with Crippen molar-refractivity contribution in [3.05, 3.63) is 65.7 Å². The van der Waals surface area contributed by atoms with E-state index in [1.165, 1.54) is 0 Å². The first-order chi connectivity index (χ1) is 23.6. The molecule has 0 radical (unpaired) electrons. The van der Waals surface area contributed by atoms with E-state index in [-0.39, 0.29) is 13.0 Å². The lowest BCUT2D eigenvalue weighted by molar-refractivity contribution is -0.314. The molecule has 1 heterocycles. The first kappa shape index (κ1) is 39.4. The first-order valence-electron chi connectivity index (χ1n) is 16.5. The Labute approximate surface area is 286 Å². The van der Waals surface area contributed by atoms with E-state index >= 15 is 0 Å². The Balaban J connectivity index is 1.53. The number of rotatable bonds is 21. The Bertz CT molecular complexity index is 1350. The standard InChI is InChI=1S/C36H48N2O11/c1-2-3-4-5-6-7-8-12-19-47-27-17-15-25(16-18-27)20-30(42)37-22-29(41)33(44)34-32(38-31(43)23-39)28(40)21-36(49-34,35(45)46)48-24-26-13-10-9-11-14-26/h1,9-11,13-18,28-29,32-34,39-41,44H,3-8,12,19-24H2,(H,37,42)(H,38,43)(H,45,46)/t28-,29+,32+,33+,34+,36+/m0/s1. The average Bonchev–Trinajstić information content (AvgIpc) is 3.10. The molecule has 2 aromatic carbocycles. The van der Waals surface area contributed by atoms with E-state index in [2.05, 4.69) is 16.6 Å². The maximum atomic E-state index is 12.7. The zero-order valence-corrected chi connectivity index (χ0v) is 27.5. The molecule has 6 atom stereocenters. The van der Waals surface area contributed by atoms with Crippen molar-refractivity contribution >= 4 is 17.8 Å². The van der Waals surface area contributed by atoms with Gasteiger partial charge in [0, 0.05) is 19.4 Å². The molecule has 268 valence electrons. The quantitative estimate of drug-likeness (QED) is 0.0740. The Hall–Kier alpha value is -4.03. The van der Waals surface area contributed by atoms with Crippen LogP contribution in [0.1, 0.15) is 62.5 Å². The van der Waals surface area contributed by atoms with E-state index in [0.717, 1.165) is 44.9 Å². The van der Waals surface area contributed by atoms with Crippen LogP contribution in [-0.4, -0.2) is 99.3 Å². The molecule has 0 aliphatic carbocycles. The van der Waals surface area contributed by atoms with Gasteiger partial charge in [-0.1, -0.05) is 68.1 Å². The van der Waals surface area contributed by atoms with Crippen LogP contribution in [0, 0.1) is 12.3 Å². The predicted molar refractivity (Wildman–Crippen MR) is 178 cm³/mol. The second kappa shape index (κ2) is 20.5. The van der Waals surface area contributed by atoms with Gasteiger partial charge in [-0.25, -0.2) is 4.79 Å². The van der Waals surface area contributed by atoms with E-state index in [1.54, 1.807) is 54.6 Å². The topological polar surface area (TPSA) is 204 Å². The number of carbonyl (C=O) groups is 3. The van der Waals surface area contributed by atoms with Crippen molar-refractivity contribution in [1.82, 2.24) is 10.6 Å². The van der Waals surface area contributed by atoms with Crippen molar-refractivity contribution in [2.24, 2.45) is 0 Å². The summed E-state index contributed by atoms with van der Waals surface area (Å²) < 4.78 is 17.1. The van der Waals surface area contributed by atoms with E-state index in [1.807, 2.05) is 0 Å². The molecule has 2 aromatic rings. The van der Waals surface area contributed by atoms with E-state index in [9.17, 15) is 39.9 Å². The minimum absolute atomic E-state index is 0.0357. The third kappa shape index (κ3) is 12.7. The minimum Gasteiger partial charge on any atom is -0.494 e. The number of amides is 2. The third-order valence-corrected chi connectivity index (χ3v) is 8.20. The van der Waals surface area contributed by atoms with Crippen LogP contribution >= 0.6 is 0 Å². The number of unbranched alkanes of at least 4 members (excludes halogenated alkanes) is 6. The molecule has 49 heavy (non-hydrogen) atoms. The van der Waals surface area contributed by atoms with Crippen molar-refractivity contribution in [1.29, 1.82) is 0 Å². The van der Waals surface area contributed by atoms with Crippen molar-refractivity contribution in [2.75, 3.05) is 19.8 Å². The highest BCUT2D eigenvalue weighted by Crippen LogP contribution is 2.34. The van der Waals surface area contributed by atoms with Gasteiger partial charge in [-0.15, -0.1) is 12.3 Å². The summed E-state index contributed by atoms with van der Waals surface area (Å²) in [6.07, 6.45) is 4.95. The SMILES string of the molecule is C#CCCCCCCCCOc1ccc(CC(=O)NC[C@@H](O)[C@@H](O)[C@@H]2O[C@@](OCc3ccccc3)(C(=O)O)C[C@H](O)[C@H]2NC(=O)CO)cc1. The van der Waals surface area contributed by atoms with Crippen LogP contribution in [0.5, 0.6) is 5.75 Å². The van der Waals surface area contributed by atoms with E-state index < -0.39 is 73.6 Å². The van der Waals surface area contributed by atoms with Crippen molar-refractivity contribution in [3.8, 4) is 18.1 Å². The van der Waals surface area contributed by atoms with Crippen molar-refractivity contribution in [2.45, 2.75) is 101 Å². The smallest absolute Gasteiger partial charge is 0.364 e. The Morgan fingerprint density at radius 1 is 0.959 bits per heavy atom. The summed E-state index contributed by atoms with van der Waals surface area (Å²) in [6, 6.07) is 14.2. The number of carbonyl (C=O) groups excluding carboxylic acids is 2. The zero-order valence-electron chi connectivity index (χ0n) is 27.5. The molecule has 0 spiro atoms. The van der Waals surface area contributed by atoms with Gasteiger partial charge in [0.05, 0.1) is 37.9 Å². The maximum absolute atomic E-state index is 12.7. The molecule has 0 saturated carbocycles. The number of aliphatic carboxylic acids is 1. The number of carboxylic acids is 1. The predicted octanol–water partition coefficient (Wildman–Crippen LogP) is 1.43. The van der Waals surface area contributed by atoms with Crippen molar-refractivity contribution < 1.29 is 54.1 Å². The molecule has 0 unspecified atom stereocenters. The summed E-state index contributed by atoms with van der Waals surface area (Å²) >= 11 is 0. The van der Waals surface area contributed by atoms with Crippen LogP contribution in [0.15, 0.2) is 54.6 Å². The largest absolute Gasteiger partial charge is 0.494 e. The highest BCUT2D eigenvalue weighted by Gasteiger charge is 2.55. The first-order valence-corrected chi connectivity index (χ1v) is 16.5. The number of ether oxygens (including phenoxy) is 3. The average molecular weight is 685 g/mol. The fraction of sp³-hybridized carbons (Fsp3) is 0.528.